The van der Waals surface area contributed by atoms with Gasteiger partial charge >= 0.3 is 5.97 Å². The minimum absolute atomic E-state index is 0.0188. The third-order valence-corrected chi connectivity index (χ3v) is 5.30. The first-order chi connectivity index (χ1) is 16.2. The van der Waals surface area contributed by atoms with Gasteiger partial charge in [-0.3, -0.25) is 9.36 Å². The van der Waals surface area contributed by atoms with E-state index in [1.807, 2.05) is 0 Å². The second-order valence-electron chi connectivity index (χ2n) is 7.28. The quantitative estimate of drug-likeness (QED) is 0.434. The van der Waals surface area contributed by atoms with Crippen LogP contribution in [0.3, 0.4) is 0 Å². The second-order valence-corrected chi connectivity index (χ2v) is 7.72. The number of nitrogens with zero attached hydrogens (tertiary/aromatic N) is 3. The van der Waals surface area contributed by atoms with Gasteiger partial charge in [-0.2, -0.15) is 0 Å². The fraction of sp³-hybridized carbons (Fsp3) is 0.130. The molecule has 4 rings (SSSR count). The summed E-state index contributed by atoms with van der Waals surface area (Å²) in [5.41, 5.74) is 0.0747. The Balaban J connectivity index is 1.90. The first kappa shape index (κ1) is 21.0. The molecule has 2 aromatic carbocycles. The van der Waals surface area contributed by atoms with Crippen molar-refractivity contribution in [3.05, 3.63) is 86.8 Å². The number of carbonyl (C=O) groups is 1. The van der Waals surface area contributed by atoms with E-state index in [1.165, 1.54) is 30.3 Å². The normalized spacial score (nSPS) is 12.4. The van der Waals surface area contributed by atoms with Gasteiger partial charge in [-0.1, -0.05) is 11.6 Å². The summed E-state index contributed by atoms with van der Waals surface area (Å²) < 4.78 is 36.7. The van der Waals surface area contributed by atoms with E-state index < -0.39 is 36.2 Å². The second kappa shape index (κ2) is 8.59. The summed E-state index contributed by atoms with van der Waals surface area (Å²) in [7, 11) is -0.511. The van der Waals surface area contributed by atoms with Gasteiger partial charge in [0.1, 0.15) is 17.3 Å². The molecule has 2 aromatic heterocycles. The highest BCUT2D eigenvalue weighted by atomic mass is 35.5. The van der Waals surface area contributed by atoms with E-state index in [1.54, 1.807) is 6.92 Å². The lowest BCUT2D eigenvalue weighted by molar-refractivity contribution is 0.0698. The lowest BCUT2D eigenvalue weighted by atomic mass is 10.0. The topological polar surface area (TPSA) is 97.1 Å². The minimum atomic E-state index is -1.21. The zero-order valence-electron chi connectivity index (χ0n) is 18.1. The minimum Gasteiger partial charge on any atom is -0.478 e. The molecule has 7 nitrogen and oxygen atoms in total. The monoisotopic (exact) mass is 471 g/mol. The number of nitrogens with one attached hydrogen (secondary N) is 1. The predicted octanol–water partition coefficient (Wildman–Crippen LogP) is 4.80. The molecular weight excluding hydrogens is 454 g/mol. The number of carboxylic acid groups (broad SMARTS) is 1. The van der Waals surface area contributed by atoms with Gasteiger partial charge in [-0.15, -0.1) is 0 Å². The number of halogens is 3. The summed E-state index contributed by atoms with van der Waals surface area (Å²) in [5, 5.41) is 12.7. The molecular formula is C23H17ClF2N4O3. The summed E-state index contributed by atoms with van der Waals surface area (Å²) >= 11 is 5.91. The molecule has 33 heavy (non-hydrogen) atoms. The Kier molecular flexibility index (Phi) is 5.47. The summed E-state index contributed by atoms with van der Waals surface area (Å²) in [6, 6.07) is 8.28. The van der Waals surface area contributed by atoms with Crippen molar-refractivity contribution in [2.75, 3.05) is 5.32 Å². The highest BCUT2D eigenvalue weighted by molar-refractivity contribution is 6.31. The number of hydrogen-bond acceptors (Lipinski definition) is 5. The molecule has 1 atom stereocenters. The highest BCUT2D eigenvalue weighted by Crippen LogP contribution is 2.29. The van der Waals surface area contributed by atoms with Gasteiger partial charge in [-0.25, -0.2) is 23.5 Å². The number of aromatic nitrogens is 3. The number of fused-ring (bicyclic) bond motifs is 1. The SMILES string of the molecule is [2H]Cn1c(-c2ccc(F)cn2)nc2c([C@@H](C)Nc3ccc(Cl)cc3C(=O)O)cc(F)cc2c1=O. The van der Waals surface area contributed by atoms with Crippen molar-refractivity contribution < 1.29 is 20.1 Å². The van der Waals surface area contributed by atoms with Crippen LogP contribution in [0.5, 0.6) is 0 Å². The summed E-state index contributed by atoms with van der Waals surface area (Å²) in [5.74, 6) is -2.47. The van der Waals surface area contributed by atoms with Crippen LogP contribution in [0.1, 0.15) is 30.3 Å². The van der Waals surface area contributed by atoms with Crippen molar-refractivity contribution in [1.82, 2.24) is 14.5 Å². The number of benzene rings is 2. The van der Waals surface area contributed by atoms with E-state index >= 15 is 0 Å². The van der Waals surface area contributed by atoms with Gasteiger partial charge in [0.05, 0.1) is 28.7 Å². The average Bonchev–Trinajstić information content (AvgIpc) is 2.80. The molecule has 2 N–H and O–H groups in total. The highest BCUT2D eigenvalue weighted by Gasteiger charge is 2.20. The fourth-order valence-electron chi connectivity index (χ4n) is 3.48. The number of rotatable bonds is 5. The number of anilines is 1. The molecule has 0 spiro atoms. The molecule has 0 saturated carbocycles. The Morgan fingerprint density at radius 3 is 2.67 bits per heavy atom. The zero-order chi connectivity index (χ0) is 24.6. The van der Waals surface area contributed by atoms with E-state index in [0.717, 1.165) is 22.9 Å². The molecule has 2 heterocycles. The van der Waals surface area contributed by atoms with Crippen molar-refractivity contribution >= 4 is 34.2 Å². The molecule has 10 heteroatoms. The van der Waals surface area contributed by atoms with Crippen molar-refractivity contribution in [3.8, 4) is 11.5 Å². The number of hydrogen-bond donors (Lipinski definition) is 2. The summed E-state index contributed by atoms with van der Waals surface area (Å²) in [4.78, 5) is 33.2. The molecule has 4 aromatic rings. The number of pyridine rings is 1. The first-order valence-corrected chi connectivity index (χ1v) is 10.0. The number of carboxylic acids is 1. The van der Waals surface area contributed by atoms with Crippen LogP contribution in [-0.4, -0.2) is 25.6 Å². The summed E-state index contributed by atoms with van der Waals surface area (Å²) in [6.45, 7) is 1.65. The van der Waals surface area contributed by atoms with Gasteiger partial charge in [0.2, 0.25) is 0 Å². The molecule has 168 valence electrons. The zero-order valence-corrected chi connectivity index (χ0v) is 17.9. The van der Waals surface area contributed by atoms with Crippen LogP contribution in [0, 0.1) is 11.6 Å². The molecule has 0 fully saturated rings. The Morgan fingerprint density at radius 1 is 1.21 bits per heavy atom. The third-order valence-electron chi connectivity index (χ3n) is 5.06. The van der Waals surface area contributed by atoms with Crippen molar-refractivity contribution in [2.24, 2.45) is 7.02 Å². The van der Waals surface area contributed by atoms with E-state index in [2.05, 4.69) is 15.3 Å². The Hall–Kier alpha value is -3.85. The van der Waals surface area contributed by atoms with Crippen LogP contribution >= 0.6 is 11.6 Å². The maximum atomic E-state index is 14.5. The Labute approximate surface area is 192 Å². The molecule has 0 saturated heterocycles. The fourth-order valence-corrected chi connectivity index (χ4v) is 3.65. The van der Waals surface area contributed by atoms with Crippen molar-refractivity contribution in [2.45, 2.75) is 13.0 Å². The van der Waals surface area contributed by atoms with Gasteiger partial charge in [-0.05, 0) is 49.4 Å². The van der Waals surface area contributed by atoms with Crippen LogP contribution in [-0.2, 0) is 7.02 Å². The Morgan fingerprint density at radius 2 is 2.00 bits per heavy atom. The van der Waals surface area contributed by atoms with Crippen LogP contribution in [0.2, 0.25) is 5.02 Å². The van der Waals surface area contributed by atoms with Gasteiger partial charge < -0.3 is 10.4 Å². The standard InChI is InChI=1S/C23H17ClF2N4O3/c1-11(28-18-5-3-12(24)7-16(18)23(32)33)15-8-14(26)9-17-20(15)29-21(30(2)22(17)31)19-6-4-13(25)10-27-19/h3-11,28H,1-2H3,(H,32,33)/t11-/m1/s1/i2D. The van der Waals surface area contributed by atoms with Crippen LogP contribution in [0.4, 0.5) is 14.5 Å². The third kappa shape index (κ3) is 4.27. The lowest BCUT2D eigenvalue weighted by Gasteiger charge is -2.20. The van der Waals surface area contributed by atoms with Crippen LogP contribution < -0.4 is 10.9 Å². The molecule has 0 amide bonds. The largest absolute Gasteiger partial charge is 0.478 e. The van der Waals surface area contributed by atoms with Crippen LogP contribution in [0.15, 0.2) is 53.5 Å². The molecule has 0 unspecified atom stereocenters. The van der Waals surface area contributed by atoms with Crippen molar-refractivity contribution in [3.63, 3.8) is 0 Å². The van der Waals surface area contributed by atoms with Crippen molar-refractivity contribution in [1.29, 1.82) is 0 Å². The smallest absolute Gasteiger partial charge is 0.337 e. The van der Waals surface area contributed by atoms with Gasteiger partial charge in [0.25, 0.3) is 5.56 Å². The van der Waals surface area contributed by atoms with E-state index in [9.17, 15) is 23.5 Å². The molecule has 0 aliphatic rings. The van der Waals surface area contributed by atoms with E-state index in [4.69, 9.17) is 13.0 Å². The predicted molar refractivity (Wildman–Crippen MR) is 121 cm³/mol. The first-order valence-electron chi connectivity index (χ1n) is 10.3. The lowest BCUT2D eigenvalue weighted by Crippen LogP contribution is -2.22. The number of aromatic carboxylic acids is 1. The van der Waals surface area contributed by atoms with Crippen LogP contribution in [0.25, 0.3) is 22.4 Å². The molecule has 0 bridgehead atoms. The maximum Gasteiger partial charge on any atom is 0.337 e. The molecule has 0 aliphatic heterocycles. The maximum absolute atomic E-state index is 14.5. The molecule has 0 aliphatic carbocycles. The van der Waals surface area contributed by atoms with E-state index in [0.29, 0.717) is 0 Å². The Bertz CT molecular complexity index is 1480. The average molecular weight is 472 g/mol. The van der Waals surface area contributed by atoms with Gasteiger partial charge in [0.15, 0.2) is 5.82 Å². The van der Waals surface area contributed by atoms with E-state index in [-0.39, 0.29) is 44.3 Å². The van der Waals surface area contributed by atoms with Gasteiger partial charge in [0, 0.05) is 24.7 Å². The summed E-state index contributed by atoms with van der Waals surface area (Å²) in [6.07, 6.45) is 0.962. The molecule has 0 radical (unpaired) electrons.